The van der Waals surface area contributed by atoms with Gasteiger partial charge in [-0.05, 0) is 55.2 Å². The van der Waals surface area contributed by atoms with Crippen LogP contribution in [0.2, 0.25) is 0 Å². The van der Waals surface area contributed by atoms with Crippen molar-refractivity contribution in [1.82, 2.24) is 0 Å². The Balaban J connectivity index is 1.68. The lowest BCUT2D eigenvalue weighted by Crippen LogP contribution is -2.31. The second kappa shape index (κ2) is 6.88. The van der Waals surface area contributed by atoms with Crippen LogP contribution in [0.1, 0.15) is 24.0 Å². The van der Waals surface area contributed by atoms with Gasteiger partial charge in [-0.25, -0.2) is 8.42 Å². The Labute approximate surface area is 148 Å². The van der Waals surface area contributed by atoms with Crippen LogP contribution < -0.4 is 9.62 Å². The molecule has 0 unspecified atom stereocenters. The normalized spacial score (nSPS) is 14.2. The fourth-order valence-electron chi connectivity index (χ4n) is 2.86. The van der Waals surface area contributed by atoms with E-state index in [-0.39, 0.29) is 11.9 Å². The number of amides is 1. The van der Waals surface area contributed by atoms with Gasteiger partial charge in [0.15, 0.2) is 0 Å². The summed E-state index contributed by atoms with van der Waals surface area (Å²) in [6.45, 7) is 1.98. The van der Waals surface area contributed by atoms with Crippen LogP contribution in [0.4, 0.5) is 11.4 Å². The summed E-state index contributed by atoms with van der Waals surface area (Å²) in [5.41, 5.74) is 3.38. The summed E-state index contributed by atoms with van der Waals surface area (Å²) >= 11 is 0. The molecule has 5 nitrogen and oxygen atoms in total. The second-order valence-electron chi connectivity index (χ2n) is 6.49. The molecule has 0 spiro atoms. The van der Waals surface area contributed by atoms with Crippen molar-refractivity contribution in [2.45, 2.75) is 32.2 Å². The number of rotatable bonds is 6. The van der Waals surface area contributed by atoms with Gasteiger partial charge in [-0.15, -0.1) is 0 Å². The average molecular weight is 358 g/mol. The highest BCUT2D eigenvalue weighted by atomic mass is 32.2. The first kappa shape index (κ1) is 17.5. The van der Waals surface area contributed by atoms with E-state index in [1.165, 1.54) is 10.6 Å². The highest BCUT2D eigenvalue weighted by molar-refractivity contribution is 7.92. The number of hydrogen-bond donors (Lipinski definition) is 1. The zero-order chi connectivity index (χ0) is 18.0. The standard InChI is InChI=1S/C19H22N2O3S/c1-14-5-3-4-6-15(14)13-19(22)20-16-7-9-17(10-8-16)21(18-11-12-18)25(2,23)24/h3-10,18H,11-13H2,1-2H3,(H,20,22). The van der Waals surface area contributed by atoms with E-state index in [9.17, 15) is 13.2 Å². The highest BCUT2D eigenvalue weighted by Crippen LogP contribution is 2.34. The third-order valence-electron chi connectivity index (χ3n) is 4.25. The van der Waals surface area contributed by atoms with E-state index < -0.39 is 10.0 Å². The largest absolute Gasteiger partial charge is 0.326 e. The van der Waals surface area contributed by atoms with Gasteiger partial charge in [-0.3, -0.25) is 9.10 Å². The predicted octanol–water partition coefficient (Wildman–Crippen LogP) is 3.10. The molecule has 1 aliphatic rings. The molecule has 6 heteroatoms. The van der Waals surface area contributed by atoms with Gasteiger partial charge in [0.2, 0.25) is 15.9 Å². The predicted molar refractivity (Wildman–Crippen MR) is 100 cm³/mol. The van der Waals surface area contributed by atoms with Gasteiger partial charge >= 0.3 is 0 Å². The van der Waals surface area contributed by atoms with Crippen molar-refractivity contribution < 1.29 is 13.2 Å². The first-order valence-electron chi connectivity index (χ1n) is 8.28. The number of nitrogens with one attached hydrogen (secondary N) is 1. The van der Waals surface area contributed by atoms with Crippen LogP contribution in [0.5, 0.6) is 0 Å². The van der Waals surface area contributed by atoms with Crippen molar-refractivity contribution in [2.75, 3.05) is 15.9 Å². The summed E-state index contributed by atoms with van der Waals surface area (Å²) in [7, 11) is -3.29. The van der Waals surface area contributed by atoms with Gasteiger partial charge < -0.3 is 5.32 Å². The Hall–Kier alpha value is -2.34. The molecular formula is C19H22N2O3S. The van der Waals surface area contributed by atoms with E-state index in [0.717, 1.165) is 24.0 Å². The summed E-state index contributed by atoms with van der Waals surface area (Å²) in [6, 6.07) is 14.8. The number of sulfonamides is 1. The van der Waals surface area contributed by atoms with E-state index in [1.807, 2.05) is 31.2 Å². The first-order valence-corrected chi connectivity index (χ1v) is 10.1. The monoisotopic (exact) mass is 358 g/mol. The zero-order valence-electron chi connectivity index (χ0n) is 14.4. The number of nitrogens with zero attached hydrogens (tertiary/aromatic N) is 1. The Kier molecular flexibility index (Phi) is 4.81. The maximum atomic E-state index is 12.2. The van der Waals surface area contributed by atoms with E-state index >= 15 is 0 Å². The molecule has 1 amide bonds. The van der Waals surface area contributed by atoms with Crippen molar-refractivity contribution in [3.05, 3.63) is 59.7 Å². The van der Waals surface area contributed by atoms with Crippen molar-refractivity contribution in [3.8, 4) is 0 Å². The van der Waals surface area contributed by atoms with Crippen molar-refractivity contribution in [3.63, 3.8) is 0 Å². The van der Waals surface area contributed by atoms with Gasteiger partial charge in [0.25, 0.3) is 0 Å². The lowest BCUT2D eigenvalue weighted by atomic mass is 10.1. The van der Waals surface area contributed by atoms with Crippen LogP contribution in [0.25, 0.3) is 0 Å². The van der Waals surface area contributed by atoms with E-state index in [1.54, 1.807) is 24.3 Å². The molecule has 132 valence electrons. The van der Waals surface area contributed by atoms with Crippen LogP contribution in [0.3, 0.4) is 0 Å². The molecule has 0 aromatic heterocycles. The summed E-state index contributed by atoms with van der Waals surface area (Å²) in [4.78, 5) is 12.2. The molecule has 1 saturated carbocycles. The maximum absolute atomic E-state index is 12.2. The minimum atomic E-state index is -3.29. The lowest BCUT2D eigenvalue weighted by molar-refractivity contribution is -0.115. The van der Waals surface area contributed by atoms with E-state index in [4.69, 9.17) is 0 Å². The Morgan fingerprint density at radius 3 is 2.32 bits per heavy atom. The van der Waals surface area contributed by atoms with Gasteiger partial charge in [0.05, 0.1) is 18.4 Å². The number of benzene rings is 2. The lowest BCUT2D eigenvalue weighted by Gasteiger charge is -2.22. The van der Waals surface area contributed by atoms with E-state index in [0.29, 0.717) is 17.8 Å². The van der Waals surface area contributed by atoms with Gasteiger partial charge in [-0.1, -0.05) is 24.3 Å². The number of carbonyl (C=O) groups is 1. The van der Waals surface area contributed by atoms with Crippen molar-refractivity contribution in [2.24, 2.45) is 0 Å². The molecule has 3 rings (SSSR count). The fourth-order valence-corrected chi connectivity index (χ4v) is 4.12. The topological polar surface area (TPSA) is 66.5 Å². The molecule has 0 radical (unpaired) electrons. The Morgan fingerprint density at radius 2 is 1.76 bits per heavy atom. The van der Waals surface area contributed by atoms with Crippen LogP contribution in [-0.2, 0) is 21.2 Å². The van der Waals surface area contributed by atoms with Crippen LogP contribution in [0, 0.1) is 6.92 Å². The Bertz CT molecular complexity index is 872. The minimum absolute atomic E-state index is 0.0662. The quantitative estimate of drug-likeness (QED) is 0.863. The van der Waals surface area contributed by atoms with Gasteiger partial charge in [0.1, 0.15) is 0 Å². The molecule has 0 heterocycles. The highest BCUT2D eigenvalue weighted by Gasteiger charge is 2.35. The number of carbonyl (C=O) groups excluding carboxylic acids is 1. The van der Waals surface area contributed by atoms with Gasteiger partial charge in [0, 0.05) is 11.7 Å². The molecule has 0 aliphatic heterocycles. The van der Waals surface area contributed by atoms with Crippen LogP contribution >= 0.6 is 0 Å². The SMILES string of the molecule is Cc1ccccc1CC(=O)Nc1ccc(N(C2CC2)S(C)(=O)=O)cc1. The molecule has 1 N–H and O–H groups in total. The van der Waals surface area contributed by atoms with Crippen molar-refractivity contribution in [1.29, 1.82) is 0 Å². The number of hydrogen-bond acceptors (Lipinski definition) is 3. The van der Waals surface area contributed by atoms with Crippen molar-refractivity contribution >= 4 is 27.3 Å². The second-order valence-corrected chi connectivity index (χ2v) is 8.35. The minimum Gasteiger partial charge on any atom is -0.326 e. The third-order valence-corrected chi connectivity index (χ3v) is 5.48. The number of aryl methyl sites for hydroxylation is 1. The summed E-state index contributed by atoms with van der Waals surface area (Å²) in [6.07, 6.45) is 3.32. The molecule has 2 aromatic carbocycles. The fraction of sp³-hybridized carbons (Fsp3) is 0.316. The smallest absolute Gasteiger partial charge is 0.232 e. The van der Waals surface area contributed by atoms with E-state index in [2.05, 4.69) is 5.32 Å². The first-order chi connectivity index (χ1) is 11.8. The third kappa shape index (κ3) is 4.39. The average Bonchev–Trinajstić information content (AvgIpc) is 3.35. The molecule has 2 aromatic rings. The zero-order valence-corrected chi connectivity index (χ0v) is 15.2. The van der Waals surface area contributed by atoms with Gasteiger partial charge in [-0.2, -0.15) is 0 Å². The summed E-state index contributed by atoms with van der Waals surface area (Å²) in [5, 5.41) is 2.86. The molecule has 0 atom stereocenters. The molecule has 1 fully saturated rings. The van der Waals surface area contributed by atoms with Crippen LogP contribution in [0.15, 0.2) is 48.5 Å². The maximum Gasteiger partial charge on any atom is 0.232 e. The summed E-state index contributed by atoms with van der Waals surface area (Å²) < 4.78 is 25.4. The number of anilines is 2. The molecule has 1 aliphatic carbocycles. The molecule has 0 saturated heterocycles. The molecular weight excluding hydrogens is 336 g/mol. The summed E-state index contributed by atoms with van der Waals surface area (Å²) in [5.74, 6) is -0.0933. The molecule has 25 heavy (non-hydrogen) atoms. The van der Waals surface area contributed by atoms with Crippen LogP contribution in [-0.4, -0.2) is 26.6 Å². The Morgan fingerprint density at radius 1 is 1.12 bits per heavy atom. The molecule has 0 bridgehead atoms.